The van der Waals surface area contributed by atoms with Crippen molar-refractivity contribution >= 4 is 11.4 Å². The molecule has 4 heteroatoms. The van der Waals surface area contributed by atoms with Crippen molar-refractivity contribution in [3.05, 3.63) is 83.9 Å². The number of hydrazine groups is 1. The number of hydrogen-bond acceptors (Lipinski definition) is 3. The summed E-state index contributed by atoms with van der Waals surface area (Å²) in [5.41, 5.74) is 12.6. The molecule has 0 heterocycles. The van der Waals surface area contributed by atoms with E-state index in [-0.39, 0.29) is 0 Å². The molecule has 4 nitrogen and oxygen atoms in total. The van der Waals surface area contributed by atoms with Crippen LogP contribution in [0.5, 0.6) is 0 Å². The molecule has 0 aliphatic carbocycles. The summed E-state index contributed by atoms with van der Waals surface area (Å²) in [6.45, 7) is 4.23. The Hall–Kier alpha value is -3.14. The van der Waals surface area contributed by atoms with Crippen LogP contribution in [-0.4, -0.2) is 0 Å². The van der Waals surface area contributed by atoms with Gasteiger partial charge in [-0.1, -0.05) is 59.8 Å². The minimum Gasteiger partial charge on any atom is -0.284 e. The van der Waals surface area contributed by atoms with Crippen LogP contribution in [0.3, 0.4) is 0 Å². The topological polar surface area (TPSA) is 48.8 Å². The van der Waals surface area contributed by atoms with Gasteiger partial charge in [-0.05, 0) is 54.3 Å². The van der Waals surface area contributed by atoms with Crippen LogP contribution >= 0.6 is 0 Å². The third kappa shape index (κ3) is 3.60. The van der Waals surface area contributed by atoms with Crippen LogP contribution in [0.25, 0.3) is 11.1 Å². The Kier molecular flexibility index (Phi) is 4.87. The van der Waals surface area contributed by atoms with Crippen molar-refractivity contribution in [2.75, 3.05) is 5.43 Å². The molecule has 2 N–H and O–H groups in total. The van der Waals surface area contributed by atoms with Gasteiger partial charge in [0, 0.05) is 0 Å². The fourth-order valence-corrected chi connectivity index (χ4v) is 2.55. The number of hydrogen-bond donors (Lipinski definition) is 2. The van der Waals surface area contributed by atoms with Crippen molar-refractivity contribution in [3.8, 4) is 11.1 Å². The van der Waals surface area contributed by atoms with Gasteiger partial charge in [-0.25, -0.2) is 5.53 Å². The SMILES string of the molecule is Cc1c(NNN=Nc2ccccc2)ccc(-c2ccccc2)c1C. The zero-order valence-corrected chi connectivity index (χ0v) is 13.8. The van der Waals surface area contributed by atoms with E-state index in [2.05, 4.69) is 71.5 Å². The Bertz CT molecular complexity index is 827. The first kappa shape index (κ1) is 15.7. The summed E-state index contributed by atoms with van der Waals surface area (Å²) in [4.78, 5) is 0. The van der Waals surface area contributed by atoms with Gasteiger partial charge in [0.1, 0.15) is 0 Å². The van der Waals surface area contributed by atoms with Crippen molar-refractivity contribution in [2.45, 2.75) is 13.8 Å². The molecule has 3 aromatic carbocycles. The molecule has 0 aliphatic rings. The summed E-state index contributed by atoms with van der Waals surface area (Å²) >= 11 is 0. The first-order chi connectivity index (χ1) is 11.8. The molecule has 0 unspecified atom stereocenters. The lowest BCUT2D eigenvalue weighted by Gasteiger charge is -2.14. The second-order valence-corrected chi connectivity index (χ2v) is 5.55. The normalized spacial score (nSPS) is 10.8. The molecule has 24 heavy (non-hydrogen) atoms. The summed E-state index contributed by atoms with van der Waals surface area (Å²) < 4.78 is 0. The molecule has 0 radical (unpaired) electrons. The average Bonchev–Trinajstić information content (AvgIpc) is 2.64. The maximum absolute atomic E-state index is 4.09. The average molecular weight is 316 g/mol. The molecule has 120 valence electrons. The predicted molar refractivity (Wildman–Crippen MR) is 99.1 cm³/mol. The van der Waals surface area contributed by atoms with Crippen LogP contribution in [0.2, 0.25) is 0 Å². The Morgan fingerprint density at radius 3 is 2.08 bits per heavy atom. The Morgan fingerprint density at radius 1 is 0.708 bits per heavy atom. The molecule has 0 saturated carbocycles. The van der Waals surface area contributed by atoms with E-state index in [1.165, 1.54) is 22.3 Å². The van der Waals surface area contributed by atoms with E-state index in [0.29, 0.717) is 0 Å². The quantitative estimate of drug-likeness (QED) is 0.476. The molecule has 0 fully saturated rings. The van der Waals surface area contributed by atoms with Gasteiger partial charge in [0.05, 0.1) is 11.4 Å². The zero-order valence-electron chi connectivity index (χ0n) is 13.8. The second-order valence-electron chi connectivity index (χ2n) is 5.55. The van der Waals surface area contributed by atoms with Gasteiger partial charge in [0.25, 0.3) is 0 Å². The van der Waals surface area contributed by atoms with Crippen molar-refractivity contribution in [2.24, 2.45) is 10.3 Å². The van der Waals surface area contributed by atoms with Crippen molar-refractivity contribution in [1.29, 1.82) is 0 Å². The molecule has 3 rings (SSSR count). The van der Waals surface area contributed by atoms with Gasteiger partial charge in [-0.15, -0.1) is 5.11 Å². The van der Waals surface area contributed by atoms with Crippen LogP contribution in [0, 0.1) is 13.8 Å². The van der Waals surface area contributed by atoms with Gasteiger partial charge in [-0.3, -0.25) is 5.43 Å². The van der Waals surface area contributed by atoms with Gasteiger partial charge < -0.3 is 0 Å². The van der Waals surface area contributed by atoms with Crippen LogP contribution in [-0.2, 0) is 0 Å². The molecule has 0 aliphatic heterocycles. The Labute approximate surface area is 142 Å². The highest BCUT2D eigenvalue weighted by Crippen LogP contribution is 2.29. The minimum absolute atomic E-state index is 0.805. The summed E-state index contributed by atoms with van der Waals surface area (Å²) in [6, 6.07) is 24.2. The lowest BCUT2D eigenvalue weighted by atomic mass is 9.96. The van der Waals surface area contributed by atoms with E-state index in [0.717, 1.165) is 11.4 Å². The molecule has 0 aromatic heterocycles. The Morgan fingerprint density at radius 2 is 1.38 bits per heavy atom. The highest BCUT2D eigenvalue weighted by atomic mass is 15.6. The molecule has 0 bridgehead atoms. The van der Waals surface area contributed by atoms with Crippen LogP contribution in [0.4, 0.5) is 11.4 Å². The molecular formula is C20H20N4. The number of nitrogens with one attached hydrogen (secondary N) is 2. The van der Waals surface area contributed by atoms with Crippen LogP contribution in [0.1, 0.15) is 11.1 Å². The molecule has 0 spiro atoms. The van der Waals surface area contributed by atoms with Gasteiger partial charge in [-0.2, -0.15) is 0 Å². The smallest absolute Gasteiger partial charge is 0.0874 e. The number of benzene rings is 3. The standard InChI is InChI=1S/C20H20N4/c1-15-16(2)20(14-13-19(15)17-9-5-3-6-10-17)22-24-23-21-18-11-7-4-8-12-18/h3-14H,1-2H3,(H,21,24)(H,22,23). The fourth-order valence-electron chi connectivity index (χ4n) is 2.55. The third-order valence-electron chi connectivity index (χ3n) is 4.03. The van der Waals surface area contributed by atoms with Gasteiger partial charge in [0.2, 0.25) is 0 Å². The van der Waals surface area contributed by atoms with Crippen LogP contribution in [0.15, 0.2) is 83.1 Å². The van der Waals surface area contributed by atoms with E-state index in [4.69, 9.17) is 0 Å². The highest BCUT2D eigenvalue weighted by molar-refractivity contribution is 5.72. The molecule has 3 aromatic rings. The van der Waals surface area contributed by atoms with Crippen molar-refractivity contribution in [1.82, 2.24) is 5.53 Å². The van der Waals surface area contributed by atoms with Crippen molar-refractivity contribution < 1.29 is 0 Å². The van der Waals surface area contributed by atoms with E-state index in [1.807, 2.05) is 36.4 Å². The van der Waals surface area contributed by atoms with E-state index < -0.39 is 0 Å². The molecular weight excluding hydrogens is 296 g/mol. The minimum atomic E-state index is 0.805. The summed E-state index contributed by atoms with van der Waals surface area (Å²) in [5.74, 6) is 0. The number of nitrogens with zero attached hydrogens (tertiary/aromatic N) is 2. The maximum atomic E-state index is 4.09. The van der Waals surface area contributed by atoms with E-state index in [1.54, 1.807) is 0 Å². The molecule has 0 saturated heterocycles. The first-order valence-corrected chi connectivity index (χ1v) is 7.88. The maximum Gasteiger partial charge on any atom is 0.0874 e. The van der Waals surface area contributed by atoms with E-state index in [9.17, 15) is 0 Å². The largest absolute Gasteiger partial charge is 0.284 e. The summed E-state index contributed by atoms with van der Waals surface area (Å²) in [7, 11) is 0. The zero-order chi connectivity index (χ0) is 16.8. The highest BCUT2D eigenvalue weighted by Gasteiger charge is 2.07. The number of anilines is 1. The molecule has 0 atom stereocenters. The molecule has 0 amide bonds. The number of rotatable bonds is 5. The summed E-state index contributed by atoms with van der Waals surface area (Å²) in [6.07, 6.45) is 0. The van der Waals surface area contributed by atoms with Crippen LogP contribution < -0.4 is 11.0 Å². The fraction of sp³-hybridized carbons (Fsp3) is 0.100. The van der Waals surface area contributed by atoms with Crippen molar-refractivity contribution in [3.63, 3.8) is 0 Å². The van der Waals surface area contributed by atoms with Gasteiger partial charge in [0.15, 0.2) is 0 Å². The lowest BCUT2D eigenvalue weighted by molar-refractivity contribution is 0.804. The second kappa shape index (κ2) is 7.42. The summed E-state index contributed by atoms with van der Waals surface area (Å²) in [5, 5.41) is 8.04. The van der Waals surface area contributed by atoms with Gasteiger partial charge >= 0.3 is 0 Å². The van der Waals surface area contributed by atoms with E-state index >= 15 is 0 Å². The first-order valence-electron chi connectivity index (χ1n) is 7.88. The Balaban J connectivity index is 1.71. The third-order valence-corrected chi connectivity index (χ3v) is 4.03. The monoisotopic (exact) mass is 316 g/mol. The predicted octanol–water partition coefficient (Wildman–Crippen LogP) is 5.59. The lowest BCUT2D eigenvalue weighted by Crippen LogP contribution is -2.15.